The number of nitrogens with one attached hydrogen (secondary N) is 1. The van der Waals surface area contributed by atoms with Gasteiger partial charge in [-0.15, -0.1) is 0 Å². The number of hydrogen-bond donors (Lipinski definition) is 1. The van der Waals surface area contributed by atoms with Crippen molar-refractivity contribution in [3.8, 4) is 16.8 Å². The van der Waals surface area contributed by atoms with Gasteiger partial charge in [-0.2, -0.15) is 0 Å². The molecule has 0 aliphatic carbocycles. The fourth-order valence-corrected chi connectivity index (χ4v) is 8.10. The van der Waals surface area contributed by atoms with Crippen molar-refractivity contribution in [3.05, 3.63) is 146 Å². The van der Waals surface area contributed by atoms with Crippen molar-refractivity contribution in [1.82, 2.24) is 14.0 Å². The molecule has 0 bridgehead atoms. The summed E-state index contributed by atoms with van der Waals surface area (Å²) in [5.74, 6) is 0. The summed E-state index contributed by atoms with van der Waals surface area (Å²) in [6, 6.07) is 53.3. The molecule has 7 aromatic carbocycles. The van der Waals surface area contributed by atoms with E-state index in [4.69, 9.17) is 0 Å². The van der Waals surface area contributed by atoms with Crippen LogP contribution in [0.1, 0.15) is 0 Å². The molecule has 1 N–H and O–H groups in total. The first-order valence-electron chi connectivity index (χ1n) is 15.5. The predicted octanol–water partition coefficient (Wildman–Crippen LogP) is 11.2. The number of rotatable bonds is 2. The number of H-pyrrole nitrogens is 1. The number of para-hydroxylation sites is 4. The zero-order valence-corrected chi connectivity index (χ0v) is 24.3. The maximum absolute atomic E-state index is 3.79. The van der Waals surface area contributed by atoms with E-state index >= 15 is 0 Å². The fourth-order valence-electron chi connectivity index (χ4n) is 8.10. The Bertz CT molecular complexity index is 2970. The van der Waals surface area contributed by atoms with Crippen molar-refractivity contribution in [2.75, 3.05) is 0 Å². The lowest BCUT2D eigenvalue weighted by molar-refractivity contribution is 1.18. The van der Waals surface area contributed by atoms with Gasteiger partial charge in [0.1, 0.15) is 0 Å². The van der Waals surface area contributed by atoms with E-state index in [0.29, 0.717) is 0 Å². The molecule has 0 saturated heterocycles. The first kappa shape index (κ1) is 23.4. The summed E-state index contributed by atoms with van der Waals surface area (Å²) in [6.45, 7) is 0. The highest BCUT2D eigenvalue weighted by Gasteiger charge is 2.20. The number of aromatic nitrogens is 3. The zero-order valence-electron chi connectivity index (χ0n) is 24.3. The van der Waals surface area contributed by atoms with Crippen molar-refractivity contribution < 1.29 is 0 Å². The molecule has 45 heavy (non-hydrogen) atoms. The molecule has 0 saturated carbocycles. The first-order valence-corrected chi connectivity index (χ1v) is 15.5. The van der Waals surface area contributed by atoms with Crippen LogP contribution in [0.15, 0.2) is 146 Å². The van der Waals surface area contributed by atoms with Crippen LogP contribution in [0.3, 0.4) is 0 Å². The van der Waals surface area contributed by atoms with Gasteiger partial charge in [-0.25, -0.2) is 0 Å². The summed E-state index contributed by atoms with van der Waals surface area (Å²) in [6.07, 6.45) is 0. The quantitative estimate of drug-likeness (QED) is 0.214. The summed E-state index contributed by atoms with van der Waals surface area (Å²) in [5.41, 5.74) is 12.2. The Morgan fingerprint density at radius 2 is 1.04 bits per heavy atom. The predicted molar refractivity (Wildman–Crippen MR) is 190 cm³/mol. The van der Waals surface area contributed by atoms with E-state index < -0.39 is 0 Å². The molecule has 0 unspecified atom stereocenters. The van der Waals surface area contributed by atoms with Crippen molar-refractivity contribution in [3.63, 3.8) is 0 Å². The maximum atomic E-state index is 3.79. The molecule has 0 atom stereocenters. The number of aromatic amines is 1. The van der Waals surface area contributed by atoms with Gasteiger partial charge < -0.3 is 14.0 Å². The average molecular weight is 572 g/mol. The molecule has 3 nitrogen and oxygen atoms in total. The molecule has 0 aliphatic rings. The highest BCUT2D eigenvalue weighted by molar-refractivity contribution is 6.32. The minimum absolute atomic E-state index is 1.16. The SMILES string of the molecule is c1ccc(-n2c3ccccc3c3cc(-c4ccc5c(c4)[nH]c4ccc6c(c7cccc8c9ccccc9n6c87)c45)ccc32)cc1. The Hall–Kier alpha value is -6.06. The molecule has 0 amide bonds. The Morgan fingerprint density at radius 3 is 1.93 bits per heavy atom. The third kappa shape index (κ3) is 2.95. The van der Waals surface area contributed by atoms with E-state index in [1.165, 1.54) is 93.0 Å². The largest absolute Gasteiger partial charge is 0.354 e. The van der Waals surface area contributed by atoms with Crippen molar-refractivity contribution in [2.45, 2.75) is 0 Å². The van der Waals surface area contributed by atoms with E-state index in [-0.39, 0.29) is 0 Å². The van der Waals surface area contributed by atoms with Crippen LogP contribution in [-0.2, 0) is 0 Å². The molecule has 0 radical (unpaired) electrons. The smallest absolute Gasteiger partial charge is 0.0620 e. The summed E-state index contributed by atoms with van der Waals surface area (Å²) in [7, 11) is 0. The molecule has 0 aliphatic heterocycles. The lowest BCUT2D eigenvalue weighted by atomic mass is 9.99. The van der Waals surface area contributed by atoms with Gasteiger partial charge in [0.2, 0.25) is 0 Å². The molecule has 11 rings (SSSR count). The van der Waals surface area contributed by atoms with Gasteiger partial charge in [-0.3, -0.25) is 0 Å². The molecular weight excluding hydrogens is 546 g/mol. The van der Waals surface area contributed by atoms with Gasteiger partial charge in [-0.05, 0) is 65.7 Å². The Labute approximate surface area is 257 Å². The van der Waals surface area contributed by atoms with Crippen LogP contribution in [0.4, 0.5) is 0 Å². The number of nitrogens with zero attached hydrogens (tertiary/aromatic N) is 2. The molecule has 11 aromatic rings. The highest BCUT2D eigenvalue weighted by Crippen LogP contribution is 2.44. The lowest BCUT2D eigenvalue weighted by Crippen LogP contribution is -1.92. The summed E-state index contributed by atoms with van der Waals surface area (Å²) in [5, 5.41) is 10.4. The normalized spacial score (nSPS) is 12.4. The average Bonchev–Trinajstić information content (AvgIpc) is 3.83. The van der Waals surface area contributed by atoms with Gasteiger partial charge in [0.05, 0.1) is 27.6 Å². The van der Waals surface area contributed by atoms with Crippen LogP contribution >= 0.6 is 0 Å². The number of fused-ring (bicyclic) bond motifs is 13. The zero-order chi connectivity index (χ0) is 29.2. The van der Waals surface area contributed by atoms with E-state index in [0.717, 1.165) is 5.52 Å². The minimum atomic E-state index is 1.16. The highest BCUT2D eigenvalue weighted by atomic mass is 15.0. The molecule has 208 valence electrons. The molecule has 0 spiro atoms. The van der Waals surface area contributed by atoms with E-state index in [9.17, 15) is 0 Å². The number of hydrogen-bond acceptors (Lipinski definition) is 0. The van der Waals surface area contributed by atoms with Crippen molar-refractivity contribution >= 4 is 81.7 Å². The first-order chi connectivity index (χ1) is 22.3. The molecule has 4 aromatic heterocycles. The monoisotopic (exact) mass is 571 g/mol. The van der Waals surface area contributed by atoms with E-state index in [2.05, 4.69) is 160 Å². The van der Waals surface area contributed by atoms with E-state index in [1.54, 1.807) is 0 Å². The standard InChI is InChI=1S/C42H25N3/c1-2-9-27(10-3-1)44-36-15-6-5-12-29(36)33-23-25(18-21-38(33)44)26-17-19-31-35(24-26)43-34-20-22-39-41(40(31)34)32-14-8-13-30-28-11-4-7-16-37(28)45(39)42(30)32/h1-24,43H. The van der Waals surface area contributed by atoms with Crippen LogP contribution in [-0.4, -0.2) is 14.0 Å². The second-order valence-corrected chi connectivity index (χ2v) is 12.2. The van der Waals surface area contributed by atoms with Crippen molar-refractivity contribution in [2.24, 2.45) is 0 Å². The Kier molecular flexibility index (Phi) is 4.32. The lowest BCUT2D eigenvalue weighted by Gasteiger charge is -2.08. The Balaban J connectivity index is 1.15. The fraction of sp³-hybridized carbons (Fsp3) is 0. The van der Waals surface area contributed by atoms with Gasteiger partial charge in [0, 0.05) is 59.8 Å². The second kappa shape index (κ2) is 8.31. The topological polar surface area (TPSA) is 25.1 Å². The van der Waals surface area contributed by atoms with Gasteiger partial charge in [0.25, 0.3) is 0 Å². The molecule has 4 heterocycles. The number of benzene rings is 7. The summed E-state index contributed by atoms with van der Waals surface area (Å²) >= 11 is 0. The van der Waals surface area contributed by atoms with Crippen LogP contribution in [0, 0.1) is 0 Å². The maximum Gasteiger partial charge on any atom is 0.0620 e. The third-order valence-corrected chi connectivity index (χ3v) is 9.97. The summed E-state index contributed by atoms with van der Waals surface area (Å²) in [4.78, 5) is 3.79. The van der Waals surface area contributed by atoms with Crippen molar-refractivity contribution in [1.29, 1.82) is 0 Å². The molecular formula is C42H25N3. The van der Waals surface area contributed by atoms with Gasteiger partial charge in [-0.1, -0.05) is 91.0 Å². The Morgan fingerprint density at radius 1 is 0.378 bits per heavy atom. The minimum Gasteiger partial charge on any atom is -0.354 e. The summed E-state index contributed by atoms with van der Waals surface area (Å²) < 4.78 is 4.83. The van der Waals surface area contributed by atoms with Crippen LogP contribution < -0.4 is 0 Å². The van der Waals surface area contributed by atoms with Crippen LogP contribution in [0.2, 0.25) is 0 Å². The van der Waals surface area contributed by atoms with Crippen LogP contribution in [0.5, 0.6) is 0 Å². The van der Waals surface area contributed by atoms with E-state index in [1.807, 2.05) is 0 Å². The van der Waals surface area contributed by atoms with Gasteiger partial charge >= 0.3 is 0 Å². The molecule has 0 fully saturated rings. The third-order valence-electron chi connectivity index (χ3n) is 9.97. The second-order valence-electron chi connectivity index (χ2n) is 12.2. The van der Waals surface area contributed by atoms with Gasteiger partial charge in [0.15, 0.2) is 0 Å². The molecule has 3 heteroatoms. The van der Waals surface area contributed by atoms with Crippen LogP contribution in [0.25, 0.3) is 98.5 Å².